The average molecular weight is 276 g/mol. The van der Waals surface area contributed by atoms with Gasteiger partial charge in [-0.1, -0.05) is 12.8 Å². The summed E-state index contributed by atoms with van der Waals surface area (Å²) in [5.41, 5.74) is 1.60. The first kappa shape index (κ1) is 14.1. The molecule has 112 valence electrons. The minimum Gasteiger partial charge on any atom is -0.315 e. The number of hydrogen-bond acceptors (Lipinski definition) is 3. The normalized spacial score (nSPS) is 24.3. The molecule has 2 fully saturated rings. The van der Waals surface area contributed by atoms with Gasteiger partial charge in [0.05, 0.1) is 5.69 Å². The fraction of sp³-hybridized carbons (Fsp3) is 0.812. The lowest BCUT2D eigenvalue weighted by atomic mass is 9.83. The Morgan fingerprint density at radius 2 is 1.95 bits per heavy atom. The van der Waals surface area contributed by atoms with Gasteiger partial charge in [-0.05, 0) is 51.9 Å². The summed E-state index contributed by atoms with van der Waals surface area (Å²) in [6.07, 6.45) is 11.3. The van der Waals surface area contributed by atoms with E-state index in [1.54, 1.807) is 0 Å². The predicted molar refractivity (Wildman–Crippen MR) is 81.8 cm³/mol. The van der Waals surface area contributed by atoms with Crippen molar-refractivity contribution in [1.29, 1.82) is 0 Å². The van der Waals surface area contributed by atoms with Gasteiger partial charge in [-0.15, -0.1) is 0 Å². The van der Waals surface area contributed by atoms with Gasteiger partial charge in [0.1, 0.15) is 0 Å². The molecule has 1 N–H and O–H groups in total. The van der Waals surface area contributed by atoms with Crippen LogP contribution in [-0.4, -0.2) is 46.4 Å². The van der Waals surface area contributed by atoms with Gasteiger partial charge in [-0.25, -0.2) is 0 Å². The van der Waals surface area contributed by atoms with Crippen molar-refractivity contribution in [2.45, 2.75) is 56.5 Å². The molecule has 2 aliphatic rings. The van der Waals surface area contributed by atoms with Gasteiger partial charge < -0.3 is 5.32 Å². The number of aromatic nitrogens is 2. The Hall–Kier alpha value is -0.870. The van der Waals surface area contributed by atoms with Crippen LogP contribution in [0.15, 0.2) is 12.3 Å². The van der Waals surface area contributed by atoms with E-state index in [9.17, 15) is 0 Å². The Morgan fingerprint density at radius 3 is 2.50 bits per heavy atom. The van der Waals surface area contributed by atoms with E-state index in [4.69, 9.17) is 0 Å². The molecule has 2 heterocycles. The second-order valence-electron chi connectivity index (χ2n) is 6.53. The minimum atomic E-state index is 0.378. The van der Waals surface area contributed by atoms with E-state index >= 15 is 0 Å². The standard InChI is InChI=1S/C16H28N4/c1-17-15(13-14-7-12-19(2)18-14)16(8-3-4-9-16)20-10-5-6-11-20/h7,12,15,17H,3-6,8-11,13H2,1-2H3. The summed E-state index contributed by atoms with van der Waals surface area (Å²) in [5, 5.41) is 8.21. The summed E-state index contributed by atoms with van der Waals surface area (Å²) >= 11 is 0. The molecule has 1 saturated heterocycles. The molecule has 0 amide bonds. The average Bonchev–Trinajstić information content (AvgIpc) is 3.17. The van der Waals surface area contributed by atoms with Crippen LogP contribution in [0, 0.1) is 0 Å². The van der Waals surface area contributed by atoms with Gasteiger partial charge in [0.15, 0.2) is 0 Å². The molecule has 4 nitrogen and oxygen atoms in total. The zero-order valence-electron chi connectivity index (χ0n) is 12.9. The lowest BCUT2D eigenvalue weighted by Gasteiger charge is -2.45. The Kier molecular flexibility index (Phi) is 4.13. The number of aryl methyl sites for hydroxylation is 1. The van der Waals surface area contributed by atoms with Crippen LogP contribution in [0.3, 0.4) is 0 Å². The van der Waals surface area contributed by atoms with Gasteiger partial charge in [-0.3, -0.25) is 9.58 Å². The highest BCUT2D eigenvalue weighted by atomic mass is 15.3. The molecule has 20 heavy (non-hydrogen) atoms. The van der Waals surface area contributed by atoms with Crippen molar-refractivity contribution in [3.63, 3.8) is 0 Å². The maximum absolute atomic E-state index is 4.59. The third-order valence-electron chi connectivity index (χ3n) is 5.38. The Morgan fingerprint density at radius 1 is 1.25 bits per heavy atom. The zero-order valence-corrected chi connectivity index (χ0v) is 12.9. The van der Waals surface area contributed by atoms with E-state index < -0.39 is 0 Å². The molecule has 3 rings (SSSR count). The Bertz CT molecular complexity index is 427. The highest BCUT2D eigenvalue weighted by Crippen LogP contribution is 2.40. The van der Waals surface area contributed by atoms with Gasteiger partial charge in [0.2, 0.25) is 0 Å². The summed E-state index contributed by atoms with van der Waals surface area (Å²) in [4.78, 5) is 2.78. The molecule has 0 spiro atoms. The number of rotatable bonds is 5. The van der Waals surface area contributed by atoms with Gasteiger partial charge in [-0.2, -0.15) is 5.10 Å². The molecule has 1 unspecified atom stereocenters. The largest absolute Gasteiger partial charge is 0.315 e. The number of hydrogen-bond donors (Lipinski definition) is 1. The van der Waals surface area contributed by atoms with Crippen LogP contribution in [0.4, 0.5) is 0 Å². The summed E-state index contributed by atoms with van der Waals surface area (Å²) in [6.45, 7) is 2.58. The van der Waals surface area contributed by atoms with Gasteiger partial charge in [0.25, 0.3) is 0 Å². The molecular formula is C16H28N4. The maximum Gasteiger partial charge on any atom is 0.0640 e. The third-order valence-corrected chi connectivity index (χ3v) is 5.38. The van der Waals surface area contributed by atoms with Gasteiger partial charge >= 0.3 is 0 Å². The lowest BCUT2D eigenvalue weighted by molar-refractivity contribution is 0.0793. The number of likely N-dealkylation sites (tertiary alicyclic amines) is 1. The van der Waals surface area contributed by atoms with Crippen LogP contribution in [0.2, 0.25) is 0 Å². The van der Waals surface area contributed by atoms with Crippen LogP contribution < -0.4 is 5.32 Å². The molecule has 4 heteroatoms. The predicted octanol–water partition coefficient (Wildman–Crippen LogP) is 1.96. The number of nitrogens with zero attached hydrogens (tertiary/aromatic N) is 3. The monoisotopic (exact) mass is 276 g/mol. The Balaban J connectivity index is 1.80. The van der Waals surface area contributed by atoms with E-state index in [1.807, 2.05) is 11.7 Å². The van der Waals surface area contributed by atoms with E-state index in [2.05, 4.69) is 34.6 Å². The molecule has 1 aliphatic carbocycles. The first-order valence-electron chi connectivity index (χ1n) is 8.15. The fourth-order valence-corrected chi connectivity index (χ4v) is 4.38. The summed E-state index contributed by atoms with van der Waals surface area (Å²) in [5.74, 6) is 0. The highest BCUT2D eigenvalue weighted by Gasteiger charge is 2.46. The molecule has 1 saturated carbocycles. The lowest BCUT2D eigenvalue weighted by Crippen LogP contribution is -2.59. The molecule has 0 bridgehead atoms. The molecular weight excluding hydrogens is 248 g/mol. The first-order valence-corrected chi connectivity index (χ1v) is 8.15. The molecule has 0 aromatic carbocycles. The van der Waals surface area contributed by atoms with E-state index in [0.29, 0.717) is 11.6 Å². The van der Waals surface area contributed by atoms with Crippen LogP contribution in [0.1, 0.15) is 44.2 Å². The molecule has 0 radical (unpaired) electrons. The van der Waals surface area contributed by atoms with Crippen molar-refractivity contribution in [3.05, 3.63) is 18.0 Å². The second-order valence-corrected chi connectivity index (χ2v) is 6.53. The summed E-state index contributed by atoms with van der Waals surface area (Å²) in [6, 6.07) is 2.69. The molecule has 1 aromatic heterocycles. The fourth-order valence-electron chi connectivity index (χ4n) is 4.38. The van der Waals surface area contributed by atoms with E-state index in [1.165, 1.54) is 57.3 Å². The summed E-state index contributed by atoms with van der Waals surface area (Å²) in [7, 11) is 4.13. The quantitative estimate of drug-likeness (QED) is 0.892. The summed E-state index contributed by atoms with van der Waals surface area (Å²) < 4.78 is 1.92. The van der Waals surface area contributed by atoms with E-state index in [0.717, 1.165) is 6.42 Å². The maximum atomic E-state index is 4.59. The van der Waals surface area contributed by atoms with Crippen LogP contribution in [0.5, 0.6) is 0 Å². The minimum absolute atomic E-state index is 0.378. The zero-order chi connectivity index (χ0) is 14.0. The Labute approximate surface area is 122 Å². The first-order chi connectivity index (χ1) is 9.74. The van der Waals surface area contributed by atoms with Crippen LogP contribution in [0.25, 0.3) is 0 Å². The van der Waals surface area contributed by atoms with Crippen LogP contribution in [-0.2, 0) is 13.5 Å². The van der Waals surface area contributed by atoms with Crippen molar-refractivity contribution < 1.29 is 0 Å². The van der Waals surface area contributed by atoms with Crippen molar-refractivity contribution in [2.75, 3.05) is 20.1 Å². The topological polar surface area (TPSA) is 33.1 Å². The third kappa shape index (κ3) is 2.51. The molecule has 1 atom stereocenters. The molecule has 1 aliphatic heterocycles. The SMILES string of the molecule is CNC(Cc1ccn(C)n1)C1(N2CCCC2)CCCC1. The van der Waals surface area contributed by atoms with Crippen molar-refractivity contribution >= 4 is 0 Å². The molecule has 1 aromatic rings. The van der Waals surface area contributed by atoms with Crippen molar-refractivity contribution in [2.24, 2.45) is 7.05 Å². The van der Waals surface area contributed by atoms with Crippen molar-refractivity contribution in [3.8, 4) is 0 Å². The van der Waals surface area contributed by atoms with Crippen molar-refractivity contribution in [1.82, 2.24) is 20.0 Å². The highest BCUT2D eigenvalue weighted by molar-refractivity contribution is 5.10. The second kappa shape index (κ2) is 5.86. The smallest absolute Gasteiger partial charge is 0.0640 e. The van der Waals surface area contributed by atoms with Crippen LogP contribution >= 0.6 is 0 Å². The number of likely N-dealkylation sites (N-methyl/N-ethyl adjacent to an activating group) is 1. The van der Waals surface area contributed by atoms with E-state index in [-0.39, 0.29) is 0 Å². The number of nitrogens with one attached hydrogen (secondary N) is 1. The van der Waals surface area contributed by atoms with Gasteiger partial charge in [0, 0.05) is 31.2 Å².